The van der Waals surface area contributed by atoms with Crippen LogP contribution in [0.2, 0.25) is 0 Å². The number of sulfone groups is 1. The number of rotatable bonds is 10. The van der Waals surface area contributed by atoms with Crippen LogP contribution in [0.5, 0.6) is 0 Å². The Labute approximate surface area is 164 Å². The Hall–Kier alpha value is -1.41. The molecule has 1 aromatic rings. The minimum atomic E-state index is -3.58. The van der Waals surface area contributed by atoms with Crippen LogP contribution in [0.1, 0.15) is 33.6 Å². The normalized spacial score (nSPS) is 12.5. The van der Waals surface area contributed by atoms with Gasteiger partial charge in [-0.2, -0.15) is 0 Å². The molecule has 2 amide bonds. The fourth-order valence-electron chi connectivity index (χ4n) is 2.48. The molecule has 0 aromatic heterocycles. The Balaban J connectivity index is 2.81. The van der Waals surface area contributed by atoms with Crippen LogP contribution in [0.15, 0.2) is 33.6 Å². The number of nitrogens with one attached hydrogen (secondary N) is 1. The van der Waals surface area contributed by atoms with Crippen molar-refractivity contribution < 1.29 is 18.0 Å². The second kappa shape index (κ2) is 10.7. The van der Waals surface area contributed by atoms with Crippen molar-refractivity contribution >= 4 is 37.6 Å². The van der Waals surface area contributed by atoms with E-state index in [4.69, 9.17) is 0 Å². The van der Waals surface area contributed by atoms with E-state index in [0.717, 1.165) is 10.9 Å². The van der Waals surface area contributed by atoms with Crippen LogP contribution < -0.4 is 5.32 Å². The van der Waals surface area contributed by atoms with Gasteiger partial charge in [-0.05, 0) is 37.1 Å². The van der Waals surface area contributed by atoms with Gasteiger partial charge in [-0.15, -0.1) is 0 Å². The number of carbonyl (C=O) groups excluding carboxylic acids is 2. The zero-order chi connectivity index (χ0) is 19.7. The number of halogens is 1. The largest absolute Gasteiger partial charge is 0.355 e. The molecule has 0 aliphatic heterocycles. The highest BCUT2D eigenvalue weighted by Gasteiger charge is 2.27. The van der Waals surface area contributed by atoms with Crippen LogP contribution >= 0.6 is 15.9 Å². The Kier molecular flexibility index (Phi) is 9.29. The third-order valence-electron chi connectivity index (χ3n) is 3.78. The smallest absolute Gasteiger partial charge is 0.239 e. The Morgan fingerprint density at radius 3 is 2.31 bits per heavy atom. The predicted molar refractivity (Wildman–Crippen MR) is 106 cm³/mol. The first-order valence-electron chi connectivity index (χ1n) is 8.75. The minimum Gasteiger partial charge on any atom is -0.355 e. The molecule has 0 bridgehead atoms. The van der Waals surface area contributed by atoms with E-state index >= 15 is 0 Å². The summed E-state index contributed by atoms with van der Waals surface area (Å²) in [6, 6.07) is 6.33. The summed E-state index contributed by atoms with van der Waals surface area (Å²) >= 11 is 3.27. The molecule has 0 aliphatic carbocycles. The van der Waals surface area contributed by atoms with Gasteiger partial charge in [0.15, 0.2) is 9.84 Å². The maximum atomic E-state index is 12.7. The van der Waals surface area contributed by atoms with Crippen LogP contribution in [0.25, 0.3) is 0 Å². The topological polar surface area (TPSA) is 83.6 Å². The maximum Gasteiger partial charge on any atom is 0.239 e. The quantitative estimate of drug-likeness (QED) is 0.598. The molecule has 146 valence electrons. The summed E-state index contributed by atoms with van der Waals surface area (Å²) in [5.74, 6) is -1.56. The van der Waals surface area contributed by atoms with Crippen molar-refractivity contribution in [2.24, 2.45) is 5.92 Å². The Bertz CT molecular complexity index is 704. The molecule has 0 radical (unpaired) electrons. The molecule has 1 aromatic carbocycles. The number of hydrogen-bond acceptors (Lipinski definition) is 4. The molecule has 1 unspecified atom stereocenters. The summed E-state index contributed by atoms with van der Waals surface area (Å²) in [6.45, 7) is 6.37. The van der Waals surface area contributed by atoms with E-state index in [9.17, 15) is 18.0 Å². The number of amides is 2. The lowest BCUT2D eigenvalue weighted by Crippen LogP contribution is -2.44. The van der Waals surface area contributed by atoms with Gasteiger partial charge in [0.25, 0.3) is 0 Å². The molecule has 0 heterocycles. The summed E-state index contributed by atoms with van der Waals surface area (Å²) in [5, 5.41) is 2.74. The van der Waals surface area contributed by atoms with Crippen molar-refractivity contribution in [2.75, 3.05) is 25.4 Å². The van der Waals surface area contributed by atoms with Gasteiger partial charge in [-0.1, -0.05) is 36.7 Å². The fourth-order valence-corrected chi connectivity index (χ4v) is 4.29. The van der Waals surface area contributed by atoms with E-state index < -0.39 is 15.8 Å². The molecule has 0 saturated carbocycles. The monoisotopic (exact) mass is 446 g/mol. The Morgan fingerprint density at radius 1 is 1.15 bits per heavy atom. The molecule has 1 atom stereocenters. The third-order valence-corrected chi connectivity index (χ3v) is 6.23. The Morgan fingerprint density at radius 2 is 1.77 bits per heavy atom. The van der Waals surface area contributed by atoms with Gasteiger partial charge in [-0.25, -0.2) is 8.42 Å². The molecule has 26 heavy (non-hydrogen) atoms. The summed E-state index contributed by atoms with van der Waals surface area (Å²) in [6.07, 6.45) is 1.51. The second-order valence-electron chi connectivity index (χ2n) is 6.25. The molecule has 0 saturated heterocycles. The highest BCUT2D eigenvalue weighted by molar-refractivity contribution is 9.10. The minimum absolute atomic E-state index is 0.0463. The summed E-state index contributed by atoms with van der Waals surface area (Å²) in [7, 11) is -3.58. The molecule has 0 spiro atoms. The fraction of sp³-hybridized carbons (Fsp3) is 0.556. The van der Waals surface area contributed by atoms with Gasteiger partial charge in [0.1, 0.15) is 0 Å². The average Bonchev–Trinajstić information content (AvgIpc) is 2.58. The van der Waals surface area contributed by atoms with Gasteiger partial charge >= 0.3 is 0 Å². The van der Waals surface area contributed by atoms with Crippen LogP contribution in [0.3, 0.4) is 0 Å². The summed E-state index contributed by atoms with van der Waals surface area (Å²) < 4.78 is 25.9. The molecule has 0 fully saturated rings. The zero-order valence-electron chi connectivity index (χ0n) is 15.5. The first kappa shape index (κ1) is 22.6. The molecule has 1 rings (SSSR count). The zero-order valence-corrected chi connectivity index (χ0v) is 17.9. The van der Waals surface area contributed by atoms with Gasteiger partial charge in [0, 0.05) is 23.5 Å². The first-order valence-corrected chi connectivity index (χ1v) is 11.2. The van der Waals surface area contributed by atoms with Crippen LogP contribution in [0.4, 0.5) is 0 Å². The van der Waals surface area contributed by atoms with Gasteiger partial charge in [0.2, 0.25) is 11.8 Å². The molecule has 6 nitrogen and oxygen atoms in total. The number of carbonyl (C=O) groups is 2. The van der Waals surface area contributed by atoms with Gasteiger partial charge in [-0.3, -0.25) is 9.59 Å². The van der Waals surface area contributed by atoms with E-state index in [1.165, 1.54) is 17.0 Å². The number of hydrogen-bond donors (Lipinski definition) is 1. The molecular weight excluding hydrogens is 420 g/mol. The van der Waals surface area contributed by atoms with Gasteiger partial charge in [0.05, 0.1) is 17.2 Å². The lowest BCUT2D eigenvalue weighted by atomic mass is 10.2. The van der Waals surface area contributed by atoms with E-state index in [2.05, 4.69) is 21.2 Å². The van der Waals surface area contributed by atoms with E-state index in [1.807, 2.05) is 13.8 Å². The highest BCUT2D eigenvalue weighted by atomic mass is 79.9. The molecule has 8 heteroatoms. The first-order chi connectivity index (χ1) is 12.2. The van der Waals surface area contributed by atoms with Crippen molar-refractivity contribution in [3.8, 4) is 0 Å². The second-order valence-corrected chi connectivity index (χ2v) is 9.20. The number of benzene rings is 1. The average molecular weight is 447 g/mol. The van der Waals surface area contributed by atoms with Crippen LogP contribution in [-0.2, 0) is 19.4 Å². The molecular formula is C18H27BrN2O4S. The molecule has 0 aliphatic rings. The van der Waals surface area contributed by atoms with E-state index in [0.29, 0.717) is 19.5 Å². The summed E-state index contributed by atoms with van der Waals surface area (Å²) in [4.78, 5) is 26.2. The van der Waals surface area contributed by atoms with E-state index in [-0.39, 0.29) is 29.0 Å². The van der Waals surface area contributed by atoms with E-state index in [1.54, 1.807) is 19.1 Å². The maximum absolute atomic E-state index is 12.7. The van der Waals surface area contributed by atoms with Crippen molar-refractivity contribution in [1.82, 2.24) is 10.2 Å². The lowest BCUT2D eigenvalue weighted by Gasteiger charge is -2.25. The standard InChI is InChI=1S/C18H27BrN2O4S/c1-4-10-20-17(22)12-21(11-5-2)18(23)14(3)13-26(24,25)16-8-6-15(19)7-9-16/h6-9,14H,4-5,10-13H2,1-3H3,(H,20,22). The van der Waals surface area contributed by atoms with Crippen molar-refractivity contribution in [3.63, 3.8) is 0 Å². The van der Waals surface area contributed by atoms with Crippen molar-refractivity contribution in [1.29, 1.82) is 0 Å². The summed E-state index contributed by atoms with van der Waals surface area (Å²) in [5.41, 5.74) is 0. The molecule has 1 N–H and O–H groups in total. The highest BCUT2D eigenvalue weighted by Crippen LogP contribution is 2.18. The van der Waals surface area contributed by atoms with Crippen molar-refractivity contribution in [2.45, 2.75) is 38.5 Å². The predicted octanol–water partition coefficient (Wildman–Crippen LogP) is 2.62. The SMILES string of the molecule is CCCNC(=O)CN(CCC)C(=O)C(C)CS(=O)(=O)c1ccc(Br)cc1. The lowest BCUT2D eigenvalue weighted by molar-refractivity contribution is -0.138. The van der Waals surface area contributed by atoms with Crippen LogP contribution in [-0.4, -0.2) is 50.5 Å². The van der Waals surface area contributed by atoms with Crippen molar-refractivity contribution in [3.05, 3.63) is 28.7 Å². The van der Waals surface area contributed by atoms with Gasteiger partial charge < -0.3 is 10.2 Å². The number of nitrogens with zero attached hydrogens (tertiary/aromatic N) is 1. The third kappa shape index (κ3) is 7.07. The van der Waals surface area contributed by atoms with Crippen LogP contribution in [0, 0.1) is 5.92 Å².